The summed E-state index contributed by atoms with van der Waals surface area (Å²) in [6.07, 6.45) is -0.108. The maximum Gasteiger partial charge on any atom is 0.281 e. The standard InChI is InChI=1S/C18H20N4O3/c1-4-13-7-5-6-8-15(13)20-21-16-12(3)14(9-19)17(24)22(18(16)25)10-11(2)23/h5-8,11,23-24H,4,10H2,1-3H3. The van der Waals surface area contributed by atoms with Gasteiger partial charge in [0.15, 0.2) is 5.69 Å². The summed E-state index contributed by atoms with van der Waals surface area (Å²) in [6.45, 7) is 4.86. The number of aryl methyl sites for hydroxylation is 1. The van der Waals surface area contributed by atoms with E-state index in [2.05, 4.69) is 10.2 Å². The summed E-state index contributed by atoms with van der Waals surface area (Å²) in [4.78, 5) is 12.6. The van der Waals surface area contributed by atoms with E-state index in [1.54, 1.807) is 6.07 Å². The highest BCUT2D eigenvalue weighted by Crippen LogP contribution is 2.28. The Morgan fingerprint density at radius 3 is 2.60 bits per heavy atom. The highest BCUT2D eigenvalue weighted by molar-refractivity contribution is 5.57. The summed E-state index contributed by atoms with van der Waals surface area (Å²) < 4.78 is 0.941. The first-order valence-corrected chi connectivity index (χ1v) is 7.94. The van der Waals surface area contributed by atoms with E-state index >= 15 is 0 Å². The van der Waals surface area contributed by atoms with Crippen LogP contribution in [0, 0.1) is 18.3 Å². The predicted molar refractivity (Wildman–Crippen MR) is 93.5 cm³/mol. The van der Waals surface area contributed by atoms with Gasteiger partial charge in [-0.25, -0.2) is 0 Å². The maximum absolute atomic E-state index is 12.6. The largest absolute Gasteiger partial charge is 0.493 e. The lowest BCUT2D eigenvalue weighted by molar-refractivity contribution is 0.167. The molecule has 1 unspecified atom stereocenters. The molecule has 1 aromatic heterocycles. The van der Waals surface area contributed by atoms with Gasteiger partial charge in [0.2, 0.25) is 5.88 Å². The van der Waals surface area contributed by atoms with Gasteiger partial charge in [-0.3, -0.25) is 9.36 Å². The lowest BCUT2D eigenvalue weighted by Crippen LogP contribution is -2.26. The molecule has 0 amide bonds. The number of hydrogen-bond donors (Lipinski definition) is 2. The zero-order valence-corrected chi connectivity index (χ0v) is 14.4. The van der Waals surface area contributed by atoms with Crippen LogP contribution in [0.5, 0.6) is 5.88 Å². The molecule has 0 fully saturated rings. The van der Waals surface area contributed by atoms with Gasteiger partial charge in [0.1, 0.15) is 11.6 Å². The molecule has 0 radical (unpaired) electrons. The molecule has 1 aromatic carbocycles. The third-order valence-electron chi connectivity index (χ3n) is 3.85. The summed E-state index contributed by atoms with van der Waals surface area (Å²) in [5, 5.41) is 37.2. The highest BCUT2D eigenvalue weighted by Gasteiger charge is 2.20. The summed E-state index contributed by atoms with van der Waals surface area (Å²) in [6, 6.07) is 9.30. The van der Waals surface area contributed by atoms with Crippen molar-refractivity contribution in [3.63, 3.8) is 0 Å². The number of aromatic nitrogens is 1. The Labute approximate surface area is 145 Å². The fraction of sp³-hybridized carbons (Fsp3) is 0.333. The number of pyridine rings is 1. The van der Waals surface area contributed by atoms with Crippen LogP contribution in [0.15, 0.2) is 39.3 Å². The van der Waals surface area contributed by atoms with Crippen molar-refractivity contribution in [1.29, 1.82) is 5.26 Å². The molecule has 0 aliphatic carbocycles. The molecule has 7 heteroatoms. The van der Waals surface area contributed by atoms with Crippen LogP contribution in [-0.2, 0) is 13.0 Å². The van der Waals surface area contributed by atoms with E-state index in [4.69, 9.17) is 0 Å². The molecule has 0 saturated heterocycles. The molecule has 130 valence electrons. The molecule has 0 spiro atoms. The second-order valence-electron chi connectivity index (χ2n) is 5.73. The third kappa shape index (κ3) is 3.75. The maximum atomic E-state index is 12.6. The lowest BCUT2D eigenvalue weighted by atomic mass is 10.1. The second-order valence-corrected chi connectivity index (χ2v) is 5.73. The number of aromatic hydroxyl groups is 1. The summed E-state index contributed by atoms with van der Waals surface area (Å²) in [5.41, 5.74) is 1.18. The minimum atomic E-state index is -0.872. The van der Waals surface area contributed by atoms with Crippen molar-refractivity contribution in [2.75, 3.05) is 0 Å². The minimum Gasteiger partial charge on any atom is -0.493 e. The highest BCUT2D eigenvalue weighted by atomic mass is 16.3. The molecule has 0 saturated carbocycles. The van der Waals surface area contributed by atoms with Crippen molar-refractivity contribution in [2.45, 2.75) is 39.8 Å². The van der Waals surface area contributed by atoms with Gasteiger partial charge in [-0.1, -0.05) is 25.1 Å². The van der Waals surface area contributed by atoms with Crippen molar-refractivity contribution in [3.05, 3.63) is 51.3 Å². The summed E-state index contributed by atoms with van der Waals surface area (Å²) in [7, 11) is 0. The van der Waals surface area contributed by atoms with E-state index < -0.39 is 17.5 Å². The number of rotatable bonds is 5. The van der Waals surface area contributed by atoms with Gasteiger partial charge in [0, 0.05) is 5.56 Å². The Kier molecular flexibility index (Phi) is 5.67. The van der Waals surface area contributed by atoms with Crippen molar-refractivity contribution >= 4 is 11.4 Å². The normalized spacial score (nSPS) is 12.3. The van der Waals surface area contributed by atoms with Crippen molar-refractivity contribution < 1.29 is 10.2 Å². The summed E-state index contributed by atoms with van der Waals surface area (Å²) in [5.74, 6) is -0.473. The van der Waals surface area contributed by atoms with E-state index in [-0.39, 0.29) is 23.4 Å². The predicted octanol–water partition coefficient (Wildman–Crippen LogP) is 3.09. The van der Waals surface area contributed by atoms with Gasteiger partial charge in [-0.2, -0.15) is 10.4 Å². The topological polar surface area (TPSA) is 111 Å². The number of aliphatic hydroxyl groups excluding tert-OH is 1. The van der Waals surface area contributed by atoms with Gasteiger partial charge in [-0.05, 0) is 31.9 Å². The fourth-order valence-corrected chi connectivity index (χ4v) is 2.50. The van der Waals surface area contributed by atoms with Gasteiger partial charge in [0.25, 0.3) is 5.56 Å². The molecular formula is C18H20N4O3. The number of azo groups is 1. The number of aliphatic hydroxyl groups is 1. The van der Waals surface area contributed by atoms with Crippen LogP contribution in [0.25, 0.3) is 0 Å². The Balaban J connectivity index is 2.63. The lowest BCUT2D eigenvalue weighted by Gasteiger charge is -2.14. The van der Waals surface area contributed by atoms with Crippen molar-refractivity contribution in [3.8, 4) is 11.9 Å². The van der Waals surface area contributed by atoms with Crippen LogP contribution in [0.4, 0.5) is 11.4 Å². The third-order valence-corrected chi connectivity index (χ3v) is 3.85. The monoisotopic (exact) mass is 340 g/mol. The number of benzene rings is 1. The van der Waals surface area contributed by atoms with Crippen LogP contribution >= 0.6 is 0 Å². The number of nitrogens with zero attached hydrogens (tertiary/aromatic N) is 4. The minimum absolute atomic E-state index is 0.0269. The number of nitriles is 1. The molecule has 2 N–H and O–H groups in total. The number of hydrogen-bond acceptors (Lipinski definition) is 6. The summed E-state index contributed by atoms with van der Waals surface area (Å²) >= 11 is 0. The van der Waals surface area contributed by atoms with Crippen LogP contribution in [-0.4, -0.2) is 20.9 Å². The van der Waals surface area contributed by atoms with Gasteiger partial charge in [-0.15, -0.1) is 5.11 Å². The smallest absolute Gasteiger partial charge is 0.281 e. The van der Waals surface area contributed by atoms with E-state index in [0.717, 1.165) is 16.6 Å². The first-order valence-electron chi connectivity index (χ1n) is 7.94. The van der Waals surface area contributed by atoms with Crippen molar-refractivity contribution in [2.24, 2.45) is 10.2 Å². The average molecular weight is 340 g/mol. The van der Waals surface area contributed by atoms with Gasteiger partial charge < -0.3 is 10.2 Å². The molecule has 2 aromatic rings. The molecule has 1 heterocycles. The second kappa shape index (κ2) is 7.73. The molecule has 0 aliphatic rings. The van der Waals surface area contributed by atoms with Crippen LogP contribution in [0.2, 0.25) is 0 Å². The average Bonchev–Trinajstić information content (AvgIpc) is 2.59. The first-order chi connectivity index (χ1) is 11.9. The quantitative estimate of drug-likeness (QED) is 0.815. The van der Waals surface area contributed by atoms with Crippen LogP contribution in [0.3, 0.4) is 0 Å². The van der Waals surface area contributed by atoms with E-state index in [1.807, 2.05) is 31.2 Å². The SMILES string of the molecule is CCc1ccccc1N=Nc1c(C)c(C#N)c(O)n(CC(C)O)c1=O. The Morgan fingerprint density at radius 2 is 2.00 bits per heavy atom. The molecule has 25 heavy (non-hydrogen) atoms. The molecule has 0 bridgehead atoms. The molecule has 2 rings (SSSR count). The van der Waals surface area contributed by atoms with Crippen molar-refractivity contribution in [1.82, 2.24) is 4.57 Å². The molecule has 0 aliphatic heterocycles. The van der Waals surface area contributed by atoms with Gasteiger partial charge in [0.05, 0.1) is 18.3 Å². The zero-order valence-electron chi connectivity index (χ0n) is 14.4. The Bertz CT molecular complexity index is 908. The van der Waals surface area contributed by atoms with Crippen LogP contribution < -0.4 is 5.56 Å². The first kappa shape index (κ1) is 18.4. The van der Waals surface area contributed by atoms with Gasteiger partial charge >= 0.3 is 0 Å². The zero-order chi connectivity index (χ0) is 18.6. The molecule has 7 nitrogen and oxygen atoms in total. The van der Waals surface area contributed by atoms with Crippen LogP contribution in [0.1, 0.15) is 30.5 Å². The van der Waals surface area contributed by atoms with E-state index in [0.29, 0.717) is 5.69 Å². The Morgan fingerprint density at radius 1 is 1.32 bits per heavy atom. The fourth-order valence-electron chi connectivity index (χ4n) is 2.50. The van der Waals surface area contributed by atoms with E-state index in [1.165, 1.54) is 13.8 Å². The molecule has 1 atom stereocenters. The molecular weight excluding hydrogens is 320 g/mol. The van der Waals surface area contributed by atoms with E-state index in [9.17, 15) is 20.3 Å². The Hall–Kier alpha value is -2.98.